The van der Waals surface area contributed by atoms with E-state index in [1.54, 1.807) is 12.1 Å². The zero-order chi connectivity index (χ0) is 14.7. The second kappa shape index (κ2) is 6.06. The van der Waals surface area contributed by atoms with E-state index in [1.807, 2.05) is 6.07 Å². The first-order valence-electron chi connectivity index (χ1n) is 6.81. The fourth-order valence-electron chi connectivity index (χ4n) is 2.39. The Morgan fingerprint density at radius 1 is 1.05 bits per heavy atom. The van der Waals surface area contributed by atoms with Gasteiger partial charge in [-0.15, -0.1) is 0 Å². The first-order valence-corrected chi connectivity index (χ1v) is 6.81. The highest BCUT2D eigenvalue weighted by Crippen LogP contribution is 2.25. The first-order chi connectivity index (χ1) is 9.52. The molecule has 2 rings (SSSR count). The predicted molar refractivity (Wildman–Crippen MR) is 82.5 cm³/mol. The monoisotopic (exact) mass is 272 g/mol. The third-order valence-electron chi connectivity index (χ3n) is 3.70. The zero-order valence-electron chi connectivity index (χ0n) is 12.2. The molecule has 0 bridgehead atoms. The molecule has 0 radical (unpaired) electrons. The van der Waals surface area contributed by atoms with Crippen molar-refractivity contribution in [1.82, 2.24) is 0 Å². The van der Waals surface area contributed by atoms with Crippen molar-refractivity contribution in [3.63, 3.8) is 0 Å². The van der Waals surface area contributed by atoms with Gasteiger partial charge in [0.15, 0.2) is 0 Å². The molecule has 1 atom stereocenters. The molecular formula is C17H21FN2. The summed E-state index contributed by atoms with van der Waals surface area (Å²) in [5, 5.41) is 3.20. The summed E-state index contributed by atoms with van der Waals surface area (Å²) in [5.74, 6) is -0.257. The van der Waals surface area contributed by atoms with Gasteiger partial charge in [-0.25, -0.2) is 4.39 Å². The summed E-state index contributed by atoms with van der Waals surface area (Å²) >= 11 is 0. The number of nitrogens with two attached hydrogens (primary N) is 1. The SMILES string of the molecule is Cc1cc(C)c(C(CN)Nc2ccccc2F)cc1C. The van der Waals surface area contributed by atoms with Crippen molar-refractivity contribution in [3.05, 3.63) is 64.5 Å². The lowest BCUT2D eigenvalue weighted by atomic mass is 9.95. The molecule has 0 saturated heterocycles. The third kappa shape index (κ3) is 2.99. The van der Waals surface area contributed by atoms with Gasteiger partial charge in [-0.2, -0.15) is 0 Å². The number of aryl methyl sites for hydroxylation is 3. The Morgan fingerprint density at radius 2 is 1.70 bits per heavy atom. The van der Waals surface area contributed by atoms with Gasteiger partial charge >= 0.3 is 0 Å². The van der Waals surface area contributed by atoms with Gasteiger partial charge < -0.3 is 11.1 Å². The highest BCUT2D eigenvalue weighted by Gasteiger charge is 2.14. The molecule has 0 saturated carbocycles. The van der Waals surface area contributed by atoms with Gasteiger partial charge in [0, 0.05) is 6.54 Å². The van der Waals surface area contributed by atoms with Gasteiger partial charge in [0.2, 0.25) is 0 Å². The van der Waals surface area contributed by atoms with Crippen LogP contribution < -0.4 is 11.1 Å². The minimum absolute atomic E-state index is 0.0915. The Hall–Kier alpha value is -1.87. The van der Waals surface area contributed by atoms with Crippen LogP contribution in [0.5, 0.6) is 0 Å². The van der Waals surface area contributed by atoms with E-state index in [0.29, 0.717) is 12.2 Å². The quantitative estimate of drug-likeness (QED) is 0.887. The molecule has 0 aliphatic carbocycles. The minimum Gasteiger partial charge on any atom is -0.375 e. The average Bonchev–Trinajstić information content (AvgIpc) is 2.42. The van der Waals surface area contributed by atoms with Gasteiger partial charge in [0.1, 0.15) is 5.82 Å². The summed E-state index contributed by atoms with van der Waals surface area (Å²) in [6, 6.07) is 10.9. The fourth-order valence-corrected chi connectivity index (χ4v) is 2.39. The summed E-state index contributed by atoms with van der Waals surface area (Å²) in [6.45, 7) is 6.65. The molecule has 0 amide bonds. The Kier molecular flexibility index (Phi) is 4.40. The van der Waals surface area contributed by atoms with Crippen LogP contribution in [0.4, 0.5) is 10.1 Å². The van der Waals surface area contributed by atoms with Crippen LogP contribution >= 0.6 is 0 Å². The van der Waals surface area contributed by atoms with Gasteiger partial charge in [0.25, 0.3) is 0 Å². The standard InChI is InChI=1S/C17H21FN2/c1-11-8-13(3)14(9-12(11)2)17(10-19)20-16-7-5-4-6-15(16)18/h4-9,17,20H,10,19H2,1-3H3. The highest BCUT2D eigenvalue weighted by molar-refractivity contribution is 5.49. The van der Waals surface area contributed by atoms with Crippen LogP contribution in [0.25, 0.3) is 0 Å². The van der Waals surface area contributed by atoms with E-state index < -0.39 is 0 Å². The van der Waals surface area contributed by atoms with Gasteiger partial charge in [-0.1, -0.05) is 24.3 Å². The zero-order valence-corrected chi connectivity index (χ0v) is 12.2. The Bertz CT molecular complexity index is 608. The summed E-state index contributed by atoms with van der Waals surface area (Å²) in [5.41, 5.74) is 11.1. The number of nitrogens with one attached hydrogen (secondary N) is 1. The smallest absolute Gasteiger partial charge is 0.146 e. The predicted octanol–water partition coefficient (Wildman–Crippen LogP) is 3.86. The largest absolute Gasteiger partial charge is 0.375 e. The van der Waals surface area contributed by atoms with Gasteiger partial charge in [-0.3, -0.25) is 0 Å². The maximum absolute atomic E-state index is 13.7. The highest BCUT2D eigenvalue weighted by atomic mass is 19.1. The molecule has 106 valence electrons. The molecule has 0 aliphatic rings. The van der Waals surface area contributed by atoms with Crippen LogP contribution in [0.2, 0.25) is 0 Å². The molecule has 0 spiro atoms. The van der Waals surface area contributed by atoms with E-state index in [1.165, 1.54) is 22.8 Å². The second-order valence-electron chi connectivity index (χ2n) is 5.21. The minimum atomic E-state index is -0.257. The van der Waals surface area contributed by atoms with Crippen molar-refractivity contribution < 1.29 is 4.39 Å². The lowest BCUT2D eigenvalue weighted by Crippen LogP contribution is -2.22. The van der Waals surface area contributed by atoms with E-state index in [-0.39, 0.29) is 11.9 Å². The van der Waals surface area contributed by atoms with Crippen molar-refractivity contribution >= 4 is 5.69 Å². The molecule has 3 heteroatoms. The number of rotatable bonds is 4. The molecule has 3 N–H and O–H groups in total. The molecule has 0 aliphatic heterocycles. The first kappa shape index (κ1) is 14.5. The second-order valence-corrected chi connectivity index (χ2v) is 5.21. The van der Waals surface area contributed by atoms with E-state index in [4.69, 9.17) is 5.73 Å². The lowest BCUT2D eigenvalue weighted by molar-refractivity contribution is 0.625. The summed E-state index contributed by atoms with van der Waals surface area (Å²) in [7, 11) is 0. The number of para-hydroxylation sites is 1. The van der Waals surface area contributed by atoms with Gasteiger partial charge in [-0.05, 0) is 55.2 Å². The van der Waals surface area contributed by atoms with E-state index in [9.17, 15) is 4.39 Å². The van der Waals surface area contributed by atoms with Crippen LogP contribution in [-0.4, -0.2) is 6.54 Å². The third-order valence-corrected chi connectivity index (χ3v) is 3.70. The molecule has 2 aromatic rings. The van der Waals surface area contributed by atoms with Crippen LogP contribution in [0.3, 0.4) is 0 Å². The molecule has 2 nitrogen and oxygen atoms in total. The van der Waals surface area contributed by atoms with E-state index in [0.717, 1.165) is 5.56 Å². The van der Waals surface area contributed by atoms with Crippen LogP contribution in [0.1, 0.15) is 28.3 Å². The summed E-state index contributed by atoms with van der Waals surface area (Å²) < 4.78 is 13.7. The summed E-state index contributed by atoms with van der Waals surface area (Å²) in [4.78, 5) is 0. The lowest BCUT2D eigenvalue weighted by Gasteiger charge is -2.22. The summed E-state index contributed by atoms with van der Waals surface area (Å²) in [6.07, 6.45) is 0. The molecule has 20 heavy (non-hydrogen) atoms. The molecular weight excluding hydrogens is 251 g/mol. The Morgan fingerprint density at radius 3 is 2.35 bits per heavy atom. The fraction of sp³-hybridized carbons (Fsp3) is 0.294. The molecule has 0 heterocycles. The Balaban J connectivity index is 2.34. The number of hydrogen-bond donors (Lipinski definition) is 2. The maximum Gasteiger partial charge on any atom is 0.146 e. The number of halogens is 1. The molecule has 2 aromatic carbocycles. The van der Waals surface area contributed by atoms with Crippen LogP contribution in [0, 0.1) is 26.6 Å². The molecule has 0 aromatic heterocycles. The number of hydrogen-bond acceptors (Lipinski definition) is 2. The van der Waals surface area contributed by atoms with Crippen LogP contribution in [0.15, 0.2) is 36.4 Å². The average molecular weight is 272 g/mol. The molecule has 0 fully saturated rings. The Labute approximate surface area is 119 Å². The van der Waals surface area contributed by atoms with Crippen molar-refractivity contribution in [1.29, 1.82) is 0 Å². The maximum atomic E-state index is 13.7. The van der Waals surface area contributed by atoms with Crippen molar-refractivity contribution in [2.45, 2.75) is 26.8 Å². The van der Waals surface area contributed by atoms with E-state index >= 15 is 0 Å². The topological polar surface area (TPSA) is 38.0 Å². The van der Waals surface area contributed by atoms with Crippen molar-refractivity contribution in [2.75, 3.05) is 11.9 Å². The van der Waals surface area contributed by atoms with E-state index in [2.05, 4.69) is 38.2 Å². The molecule has 1 unspecified atom stereocenters. The number of anilines is 1. The van der Waals surface area contributed by atoms with Crippen LogP contribution in [-0.2, 0) is 0 Å². The normalized spacial score (nSPS) is 12.2. The van der Waals surface area contributed by atoms with Gasteiger partial charge in [0.05, 0.1) is 11.7 Å². The van der Waals surface area contributed by atoms with Crippen molar-refractivity contribution in [2.24, 2.45) is 5.73 Å². The van der Waals surface area contributed by atoms with Crippen molar-refractivity contribution in [3.8, 4) is 0 Å². The number of benzene rings is 2.